The second-order valence-electron chi connectivity index (χ2n) is 4.02. The molecule has 0 aliphatic carbocycles. The Labute approximate surface area is 118 Å². The highest BCUT2D eigenvalue weighted by Crippen LogP contribution is 2.37. The summed E-state index contributed by atoms with van der Waals surface area (Å²) < 4.78 is 5.31. The van der Waals surface area contributed by atoms with Crippen LogP contribution in [0.15, 0.2) is 32.7 Å². The molecule has 0 bridgehead atoms. The Morgan fingerprint density at radius 1 is 1.37 bits per heavy atom. The van der Waals surface area contributed by atoms with Gasteiger partial charge in [0, 0.05) is 10.3 Å². The molecule has 0 unspecified atom stereocenters. The second-order valence-corrected chi connectivity index (χ2v) is 6.28. The van der Waals surface area contributed by atoms with Crippen molar-refractivity contribution in [3.05, 3.63) is 29.0 Å². The van der Waals surface area contributed by atoms with Gasteiger partial charge in [0.2, 0.25) is 5.95 Å². The number of nitrogens with two attached hydrogens (primary N) is 1. The van der Waals surface area contributed by atoms with Gasteiger partial charge in [-0.3, -0.25) is 5.43 Å². The molecule has 7 heteroatoms. The molecule has 3 rings (SSSR count). The van der Waals surface area contributed by atoms with Crippen LogP contribution in [-0.2, 0) is 0 Å². The molecule has 0 spiro atoms. The molecule has 0 aliphatic heterocycles. The minimum atomic E-state index is 0.429. The number of furan rings is 1. The third kappa shape index (κ3) is 2.32. The molecular formula is C12H12N4OS2. The molecule has 3 N–H and O–H groups in total. The van der Waals surface area contributed by atoms with Crippen LogP contribution >= 0.6 is 23.1 Å². The molecule has 19 heavy (non-hydrogen) atoms. The summed E-state index contributed by atoms with van der Waals surface area (Å²) in [6.07, 6.45) is 1.68. The SMILES string of the molecule is Cc1cc2c(Sc3ccoc3C)nc(NN)nc2s1. The number of rotatable bonds is 3. The standard InChI is InChI=1S/C12H12N4OS2/c1-6-5-8-10(18-6)14-12(16-13)15-11(8)19-9-3-4-17-7(9)2/h3-5H,13H2,1-2H3,(H,14,15,16). The van der Waals surface area contributed by atoms with Crippen LogP contribution in [0.1, 0.15) is 10.6 Å². The topological polar surface area (TPSA) is 77.0 Å². The maximum Gasteiger partial charge on any atom is 0.239 e. The first-order chi connectivity index (χ1) is 9.17. The average Bonchev–Trinajstić information content (AvgIpc) is 2.95. The van der Waals surface area contributed by atoms with Gasteiger partial charge in [0.05, 0.1) is 11.2 Å². The van der Waals surface area contributed by atoms with Gasteiger partial charge in [-0.15, -0.1) is 11.3 Å². The fourth-order valence-corrected chi connectivity index (χ4v) is 3.61. The van der Waals surface area contributed by atoms with Crippen molar-refractivity contribution in [2.45, 2.75) is 23.8 Å². The number of hydrogen-bond donors (Lipinski definition) is 2. The summed E-state index contributed by atoms with van der Waals surface area (Å²) in [6.45, 7) is 3.99. The maximum absolute atomic E-state index is 5.42. The van der Waals surface area contributed by atoms with Crippen molar-refractivity contribution >= 4 is 39.3 Å². The lowest BCUT2D eigenvalue weighted by Crippen LogP contribution is -2.10. The van der Waals surface area contributed by atoms with Crippen molar-refractivity contribution in [3.63, 3.8) is 0 Å². The number of nitrogens with one attached hydrogen (secondary N) is 1. The summed E-state index contributed by atoms with van der Waals surface area (Å²) in [5, 5.41) is 1.93. The van der Waals surface area contributed by atoms with E-state index in [-0.39, 0.29) is 0 Å². The van der Waals surface area contributed by atoms with E-state index in [4.69, 9.17) is 10.3 Å². The van der Waals surface area contributed by atoms with Crippen molar-refractivity contribution in [1.29, 1.82) is 0 Å². The van der Waals surface area contributed by atoms with Crippen molar-refractivity contribution in [2.75, 3.05) is 5.43 Å². The minimum Gasteiger partial charge on any atom is -0.468 e. The summed E-state index contributed by atoms with van der Waals surface area (Å²) in [4.78, 5) is 12.0. The molecule has 0 atom stereocenters. The lowest BCUT2D eigenvalue weighted by Gasteiger charge is -2.04. The highest BCUT2D eigenvalue weighted by molar-refractivity contribution is 7.99. The van der Waals surface area contributed by atoms with Crippen molar-refractivity contribution in [2.24, 2.45) is 5.84 Å². The Kier molecular flexibility index (Phi) is 3.17. The number of nitrogen functional groups attached to an aromatic ring is 1. The summed E-state index contributed by atoms with van der Waals surface area (Å²) >= 11 is 3.19. The Balaban J connectivity index is 2.13. The molecule has 5 nitrogen and oxygen atoms in total. The molecule has 3 heterocycles. The molecule has 3 aromatic rings. The van der Waals surface area contributed by atoms with Crippen LogP contribution in [0.5, 0.6) is 0 Å². The smallest absolute Gasteiger partial charge is 0.239 e. The Hall–Kier alpha value is -1.57. The fraction of sp³-hybridized carbons (Fsp3) is 0.167. The van der Waals surface area contributed by atoms with Gasteiger partial charge >= 0.3 is 0 Å². The fourth-order valence-electron chi connectivity index (χ4n) is 1.74. The first-order valence-corrected chi connectivity index (χ1v) is 7.27. The van der Waals surface area contributed by atoms with Gasteiger partial charge in [-0.25, -0.2) is 15.8 Å². The van der Waals surface area contributed by atoms with Crippen molar-refractivity contribution in [3.8, 4) is 0 Å². The molecule has 0 saturated heterocycles. The molecule has 0 aromatic carbocycles. The maximum atomic E-state index is 5.42. The number of hydrogen-bond acceptors (Lipinski definition) is 7. The van der Waals surface area contributed by atoms with E-state index in [9.17, 15) is 0 Å². The molecule has 0 amide bonds. The van der Waals surface area contributed by atoms with E-state index in [1.807, 2.05) is 13.0 Å². The summed E-state index contributed by atoms with van der Waals surface area (Å²) in [6, 6.07) is 4.03. The molecule has 0 saturated carbocycles. The monoisotopic (exact) mass is 292 g/mol. The highest BCUT2D eigenvalue weighted by Gasteiger charge is 2.13. The number of aromatic nitrogens is 2. The van der Waals surface area contributed by atoms with Crippen LogP contribution in [-0.4, -0.2) is 9.97 Å². The highest BCUT2D eigenvalue weighted by atomic mass is 32.2. The molecule has 0 fully saturated rings. The van der Waals surface area contributed by atoms with Crippen LogP contribution in [0.3, 0.4) is 0 Å². The molecule has 0 aliphatic rings. The first kappa shape index (κ1) is 12.5. The van der Waals surface area contributed by atoms with E-state index in [1.54, 1.807) is 29.4 Å². The quantitative estimate of drug-likeness (QED) is 0.438. The van der Waals surface area contributed by atoms with Gasteiger partial charge in [0.25, 0.3) is 0 Å². The van der Waals surface area contributed by atoms with E-state index < -0.39 is 0 Å². The van der Waals surface area contributed by atoms with Gasteiger partial charge in [0.1, 0.15) is 15.6 Å². The van der Waals surface area contributed by atoms with Crippen molar-refractivity contribution < 1.29 is 4.42 Å². The number of fused-ring (bicyclic) bond motifs is 1. The minimum absolute atomic E-state index is 0.429. The van der Waals surface area contributed by atoms with Gasteiger partial charge < -0.3 is 4.42 Å². The van der Waals surface area contributed by atoms with Gasteiger partial charge in [0.15, 0.2) is 0 Å². The van der Waals surface area contributed by atoms with E-state index in [1.165, 1.54) is 4.88 Å². The summed E-state index contributed by atoms with van der Waals surface area (Å²) in [5.74, 6) is 6.73. The van der Waals surface area contributed by atoms with E-state index in [2.05, 4.69) is 28.4 Å². The normalized spacial score (nSPS) is 11.1. The molecular weight excluding hydrogens is 280 g/mol. The molecule has 3 aromatic heterocycles. The van der Waals surface area contributed by atoms with Crippen LogP contribution in [0.25, 0.3) is 10.2 Å². The predicted octanol–water partition coefficient (Wildman–Crippen LogP) is 3.34. The lowest BCUT2D eigenvalue weighted by atomic mass is 10.4. The second kappa shape index (κ2) is 4.84. The number of thiophene rings is 1. The third-order valence-electron chi connectivity index (χ3n) is 2.63. The molecule has 0 radical (unpaired) electrons. The Bertz CT molecular complexity index is 734. The Morgan fingerprint density at radius 3 is 2.89 bits per heavy atom. The first-order valence-electron chi connectivity index (χ1n) is 5.64. The largest absolute Gasteiger partial charge is 0.468 e. The number of anilines is 1. The summed E-state index contributed by atoms with van der Waals surface area (Å²) in [7, 11) is 0. The number of aryl methyl sites for hydroxylation is 2. The van der Waals surface area contributed by atoms with E-state index in [0.29, 0.717) is 5.95 Å². The van der Waals surface area contributed by atoms with Crippen LogP contribution < -0.4 is 11.3 Å². The number of nitrogens with zero attached hydrogens (tertiary/aromatic N) is 2. The number of hydrazine groups is 1. The molecule has 98 valence electrons. The zero-order chi connectivity index (χ0) is 13.4. The van der Waals surface area contributed by atoms with E-state index in [0.717, 1.165) is 25.9 Å². The van der Waals surface area contributed by atoms with Gasteiger partial charge in [-0.1, -0.05) is 11.8 Å². The lowest BCUT2D eigenvalue weighted by molar-refractivity contribution is 0.527. The summed E-state index contributed by atoms with van der Waals surface area (Å²) in [5.41, 5.74) is 2.51. The van der Waals surface area contributed by atoms with E-state index >= 15 is 0 Å². The van der Waals surface area contributed by atoms with Gasteiger partial charge in [-0.05, 0) is 26.0 Å². The zero-order valence-electron chi connectivity index (χ0n) is 10.4. The van der Waals surface area contributed by atoms with Gasteiger partial charge in [-0.2, -0.15) is 0 Å². The van der Waals surface area contributed by atoms with Crippen LogP contribution in [0, 0.1) is 13.8 Å². The zero-order valence-corrected chi connectivity index (χ0v) is 12.1. The average molecular weight is 292 g/mol. The Morgan fingerprint density at radius 2 is 2.21 bits per heavy atom. The van der Waals surface area contributed by atoms with Crippen LogP contribution in [0.2, 0.25) is 0 Å². The van der Waals surface area contributed by atoms with Crippen LogP contribution in [0.4, 0.5) is 5.95 Å². The third-order valence-corrected chi connectivity index (χ3v) is 4.72. The van der Waals surface area contributed by atoms with Crippen molar-refractivity contribution in [1.82, 2.24) is 9.97 Å². The predicted molar refractivity (Wildman–Crippen MR) is 77.5 cm³/mol.